The summed E-state index contributed by atoms with van der Waals surface area (Å²) in [5, 5.41) is 10.8. The van der Waals surface area contributed by atoms with E-state index in [0.29, 0.717) is 44.8 Å². The molecule has 4 rings (SSSR count). The van der Waals surface area contributed by atoms with Crippen molar-refractivity contribution >= 4 is 35.1 Å². The molecule has 0 unspecified atom stereocenters. The Morgan fingerprint density at radius 1 is 1.02 bits per heavy atom. The van der Waals surface area contributed by atoms with Crippen LogP contribution in [0.2, 0.25) is 0 Å². The minimum Gasteiger partial charge on any atom is -0.440 e. The standard InChI is InChI=1S/C26H34F3N9O5/c1-25(2,3)42-24(41)38(43-22(39)26(27,28)29)37(17-8-6-7-9-17)21-19-20(32-18(14-30)33-21)36(15-31-19)23(40)35-12-10-16(11-13-35)34(4)5/h15-17H,6-13H2,1-5H3. The second-order valence-corrected chi connectivity index (χ2v) is 11.6. The summed E-state index contributed by atoms with van der Waals surface area (Å²) in [6.45, 7) is 5.37. The Morgan fingerprint density at radius 2 is 1.65 bits per heavy atom. The van der Waals surface area contributed by atoms with Crippen LogP contribution >= 0.6 is 0 Å². The molecule has 0 atom stereocenters. The number of piperidine rings is 1. The summed E-state index contributed by atoms with van der Waals surface area (Å²) in [6, 6.07) is 0.924. The number of carbonyl (C=O) groups is 3. The van der Waals surface area contributed by atoms with Gasteiger partial charge in [-0.15, -0.1) is 0 Å². The number of hydrogen-bond acceptors (Lipinski definition) is 11. The molecule has 14 nitrogen and oxygen atoms in total. The van der Waals surface area contributed by atoms with Crippen molar-refractivity contribution in [3.8, 4) is 6.07 Å². The van der Waals surface area contributed by atoms with Crippen LogP contribution in [0.25, 0.3) is 11.2 Å². The molecule has 2 aliphatic rings. The number of alkyl halides is 3. The van der Waals surface area contributed by atoms with Crippen molar-refractivity contribution in [1.29, 1.82) is 5.26 Å². The molecule has 234 valence electrons. The maximum absolute atomic E-state index is 13.5. The number of carbonyl (C=O) groups excluding carboxylic acids is 3. The van der Waals surface area contributed by atoms with Crippen LogP contribution < -0.4 is 5.01 Å². The van der Waals surface area contributed by atoms with E-state index in [9.17, 15) is 32.8 Å². The van der Waals surface area contributed by atoms with Crippen LogP contribution in [-0.4, -0.2) is 104 Å². The lowest BCUT2D eigenvalue weighted by Gasteiger charge is -2.37. The highest BCUT2D eigenvalue weighted by Gasteiger charge is 2.47. The van der Waals surface area contributed by atoms with E-state index < -0.39 is 41.7 Å². The molecule has 1 saturated heterocycles. The van der Waals surface area contributed by atoms with Gasteiger partial charge in [0.1, 0.15) is 18.0 Å². The second-order valence-electron chi connectivity index (χ2n) is 11.6. The number of nitrogens with zero attached hydrogens (tertiary/aromatic N) is 9. The third-order valence-corrected chi connectivity index (χ3v) is 7.18. The summed E-state index contributed by atoms with van der Waals surface area (Å²) in [7, 11) is 3.94. The number of hydrogen-bond donors (Lipinski definition) is 0. The summed E-state index contributed by atoms with van der Waals surface area (Å²) in [4.78, 5) is 59.8. The van der Waals surface area contributed by atoms with Crippen LogP contribution in [-0.2, 0) is 14.4 Å². The van der Waals surface area contributed by atoms with Gasteiger partial charge in [-0.25, -0.2) is 28.9 Å². The van der Waals surface area contributed by atoms with E-state index in [4.69, 9.17) is 4.74 Å². The Labute approximate surface area is 245 Å². The van der Waals surface area contributed by atoms with Gasteiger partial charge in [0.05, 0.1) is 6.04 Å². The molecule has 1 aliphatic carbocycles. The molecule has 2 aromatic heterocycles. The van der Waals surface area contributed by atoms with Gasteiger partial charge in [-0.05, 0) is 65.7 Å². The zero-order chi connectivity index (χ0) is 31.7. The minimum absolute atomic E-state index is 0.0762. The van der Waals surface area contributed by atoms with Gasteiger partial charge >= 0.3 is 24.3 Å². The van der Waals surface area contributed by atoms with Gasteiger partial charge < -0.3 is 19.4 Å². The van der Waals surface area contributed by atoms with Crippen molar-refractivity contribution in [3.63, 3.8) is 0 Å². The van der Waals surface area contributed by atoms with Gasteiger partial charge in [0, 0.05) is 19.1 Å². The van der Waals surface area contributed by atoms with Crippen molar-refractivity contribution < 1.29 is 37.1 Å². The highest BCUT2D eigenvalue weighted by molar-refractivity contribution is 5.92. The quantitative estimate of drug-likeness (QED) is 0.468. The first-order valence-corrected chi connectivity index (χ1v) is 13.8. The van der Waals surface area contributed by atoms with Gasteiger partial charge in [-0.3, -0.25) is 0 Å². The van der Waals surface area contributed by atoms with Gasteiger partial charge in [0.2, 0.25) is 5.82 Å². The Morgan fingerprint density at radius 3 is 2.19 bits per heavy atom. The van der Waals surface area contributed by atoms with Gasteiger partial charge in [-0.1, -0.05) is 12.8 Å². The topological polar surface area (TPSA) is 150 Å². The van der Waals surface area contributed by atoms with Crippen LogP contribution in [0, 0.1) is 11.3 Å². The fourth-order valence-corrected chi connectivity index (χ4v) is 5.12. The number of imidazole rings is 1. The molecule has 0 radical (unpaired) electrons. The molecule has 3 heterocycles. The van der Waals surface area contributed by atoms with Crippen LogP contribution in [0.5, 0.6) is 0 Å². The Kier molecular flexibility index (Phi) is 9.00. The molecule has 0 N–H and O–H groups in total. The lowest BCUT2D eigenvalue weighted by atomic mass is 10.0. The average Bonchev–Trinajstić information content (AvgIpc) is 3.61. The number of nitriles is 1. The maximum Gasteiger partial charge on any atom is 0.493 e. The predicted octanol–water partition coefficient (Wildman–Crippen LogP) is 3.61. The zero-order valence-corrected chi connectivity index (χ0v) is 24.6. The molecule has 2 fully saturated rings. The molecule has 0 aromatic carbocycles. The van der Waals surface area contributed by atoms with E-state index in [1.54, 1.807) is 11.0 Å². The number of amides is 2. The minimum atomic E-state index is -5.45. The Bertz CT molecular complexity index is 1400. The van der Waals surface area contributed by atoms with Crippen LogP contribution in [0.1, 0.15) is 65.1 Å². The smallest absolute Gasteiger partial charge is 0.440 e. The molecule has 1 aliphatic heterocycles. The summed E-state index contributed by atoms with van der Waals surface area (Å²) in [5.74, 6) is -3.42. The van der Waals surface area contributed by atoms with Crippen molar-refractivity contribution in [2.75, 3.05) is 32.2 Å². The molecule has 0 spiro atoms. The lowest BCUT2D eigenvalue weighted by Crippen LogP contribution is -2.55. The first kappa shape index (κ1) is 31.7. The van der Waals surface area contributed by atoms with Crippen LogP contribution in [0.15, 0.2) is 6.33 Å². The first-order valence-electron chi connectivity index (χ1n) is 13.8. The normalized spacial score (nSPS) is 16.8. The number of halogens is 3. The van der Waals surface area contributed by atoms with E-state index in [1.165, 1.54) is 27.1 Å². The molecule has 0 bridgehead atoms. The Hall–Kier alpha value is -4.20. The monoisotopic (exact) mass is 609 g/mol. The van der Waals surface area contributed by atoms with E-state index >= 15 is 0 Å². The summed E-state index contributed by atoms with van der Waals surface area (Å²) < 4.78 is 46.5. The number of hydroxylamine groups is 1. The SMILES string of the molecule is CN(C)C1CCN(C(=O)n2cnc3c(N(C4CCCC4)N(OC(=O)C(F)(F)F)C(=O)OC(C)(C)C)nc(C#N)nc32)CC1. The predicted molar refractivity (Wildman–Crippen MR) is 144 cm³/mol. The molecule has 43 heavy (non-hydrogen) atoms. The van der Waals surface area contributed by atoms with Gasteiger partial charge in [0.25, 0.3) is 0 Å². The number of fused-ring (bicyclic) bond motifs is 1. The second kappa shape index (κ2) is 12.2. The fourth-order valence-electron chi connectivity index (χ4n) is 5.12. The molecule has 2 amide bonds. The number of likely N-dealkylation sites (tertiary alicyclic amines) is 1. The van der Waals surface area contributed by atoms with E-state index in [2.05, 4.69) is 24.7 Å². The number of ether oxygens (including phenoxy) is 1. The summed E-state index contributed by atoms with van der Waals surface area (Å²) in [5.41, 5.74) is -1.39. The van der Waals surface area contributed by atoms with Crippen molar-refractivity contribution in [3.05, 3.63) is 12.2 Å². The molecular weight excluding hydrogens is 575 g/mol. The summed E-state index contributed by atoms with van der Waals surface area (Å²) in [6.07, 6.45) is -2.20. The van der Waals surface area contributed by atoms with Crippen molar-refractivity contribution in [2.24, 2.45) is 0 Å². The third kappa shape index (κ3) is 7.07. The van der Waals surface area contributed by atoms with E-state index in [1.807, 2.05) is 14.1 Å². The lowest BCUT2D eigenvalue weighted by molar-refractivity contribution is -0.235. The zero-order valence-electron chi connectivity index (χ0n) is 24.6. The van der Waals surface area contributed by atoms with Crippen LogP contribution in [0.4, 0.5) is 28.6 Å². The third-order valence-electron chi connectivity index (χ3n) is 7.18. The average molecular weight is 610 g/mol. The van der Waals surface area contributed by atoms with E-state index in [0.717, 1.165) is 22.4 Å². The molecule has 2 aromatic rings. The number of anilines is 1. The van der Waals surface area contributed by atoms with Crippen molar-refractivity contribution in [1.82, 2.24) is 34.5 Å². The van der Waals surface area contributed by atoms with Gasteiger partial charge in [0.15, 0.2) is 17.0 Å². The van der Waals surface area contributed by atoms with E-state index in [-0.39, 0.29) is 22.2 Å². The number of aromatic nitrogens is 4. The molecule has 1 saturated carbocycles. The maximum atomic E-state index is 13.5. The molecule has 17 heteroatoms. The largest absolute Gasteiger partial charge is 0.493 e. The van der Waals surface area contributed by atoms with Gasteiger partial charge in [-0.2, -0.15) is 28.4 Å². The van der Waals surface area contributed by atoms with Crippen LogP contribution in [0.3, 0.4) is 0 Å². The summed E-state index contributed by atoms with van der Waals surface area (Å²) >= 11 is 0. The molecular formula is C26H34F3N9O5. The number of rotatable bonds is 4. The van der Waals surface area contributed by atoms with Crippen molar-refractivity contribution in [2.45, 2.75) is 83.2 Å². The fraction of sp³-hybridized carbons (Fsp3) is 0.654. The number of hydrazine groups is 1. The highest BCUT2D eigenvalue weighted by Crippen LogP contribution is 2.34. The Balaban J connectivity index is 1.82. The highest BCUT2D eigenvalue weighted by atomic mass is 19.4. The first-order chi connectivity index (χ1) is 20.1.